The van der Waals surface area contributed by atoms with Crippen LogP contribution in [0.1, 0.15) is 31.9 Å². The summed E-state index contributed by atoms with van der Waals surface area (Å²) < 4.78 is 0. The number of rotatable bonds is 4. The average molecular weight is 233 g/mol. The van der Waals surface area contributed by atoms with E-state index in [0.717, 1.165) is 30.6 Å². The molecule has 0 radical (unpaired) electrons. The Morgan fingerprint density at radius 2 is 2.29 bits per heavy atom. The minimum atomic E-state index is 0.746. The molecule has 0 aliphatic carbocycles. The van der Waals surface area contributed by atoms with Crippen molar-refractivity contribution in [3.63, 3.8) is 0 Å². The Balaban J connectivity index is 1.75. The zero-order chi connectivity index (χ0) is 12.1. The van der Waals surface area contributed by atoms with Gasteiger partial charge in [-0.1, -0.05) is 12.5 Å². The molecule has 0 saturated carbocycles. The Kier molecular flexibility index (Phi) is 4.37. The van der Waals surface area contributed by atoms with Gasteiger partial charge < -0.3 is 5.32 Å². The van der Waals surface area contributed by atoms with E-state index in [0.29, 0.717) is 0 Å². The van der Waals surface area contributed by atoms with Crippen LogP contribution in [0.25, 0.3) is 0 Å². The van der Waals surface area contributed by atoms with Gasteiger partial charge in [0.05, 0.1) is 0 Å². The molecule has 1 aliphatic heterocycles. The summed E-state index contributed by atoms with van der Waals surface area (Å²) in [5, 5.41) is 3.40. The van der Waals surface area contributed by atoms with Crippen LogP contribution < -0.4 is 5.32 Å². The molecular formula is C14H23N3. The number of piperidine rings is 1. The molecule has 1 aromatic rings. The van der Waals surface area contributed by atoms with Crippen molar-refractivity contribution >= 4 is 5.82 Å². The van der Waals surface area contributed by atoms with Gasteiger partial charge in [-0.25, -0.2) is 4.98 Å². The second-order valence-corrected chi connectivity index (χ2v) is 4.97. The lowest BCUT2D eigenvalue weighted by molar-refractivity contribution is 0.167. The Bertz CT molecular complexity index is 351. The van der Waals surface area contributed by atoms with Crippen LogP contribution in [0.3, 0.4) is 0 Å². The van der Waals surface area contributed by atoms with Crippen LogP contribution in [0.2, 0.25) is 0 Å². The summed E-state index contributed by atoms with van der Waals surface area (Å²) >= 11 is 0. The first-order chi connectivity index (χ1) is 8.25. The third-order valence-electron chi connectivity index (χ3n) is 3.53. The molecule has 0 bridgehead atoms. The fourth-order valence-electron chi connectivity index (χ4n) is 2.46. The fourth-order valence-corrected chi connectivity index (χ4v) is 2.46. The van der Waals surface area contributed by atoms with Crippen LogP contribution in [0.15, 0.2) is 18.2 Å². The monoisotopic (exact) mass is 233 g/mol. The van der Waals surface area contributed by atoms with Crippen molar-refractivity contribution < 1.29 is 0 Å². The molecule has 1 fully saturated rings. The largest absolute Gasteiger partial charge is 0.369 e. The zero-order valence-electron chi connectivity index (χ0n) is 10.9. The molecule has 1 aliphatic rings. The van der Waals surface area contributed by atoms with Crippen molar-refractivity contribution in [1.29, 1.82) is 0 Å². The second kappa shape index (κ2) is 6.01. The number of pyridine rings is 1. The highest BCUT2D eigenvalue weighted by Gasteiger charge is 2.16. The lowest BCUT2D eigenvalue weighted by Crippen LogP contribution is -2.40. The minimum Gasteiger partial charge on any atom is -0.369 e. The molecule has 1 unspecified atom stereocenters. The van der Waals surface area contributed by atoms with Crippen LogP contribution in [-0.2, 0) is 0 Å². The second-order valence-electron chi connectivity index (χ2n) is 4.97. The van der Waals surface area contributed by atoms with Gasteiger partial charge >= 0.3 is 0 Å². The molecule has 1 N–H and O–H groups in total. The van der Waals surface area contributed by atoms with Gasteiger partial charge in [0, 0.05) is 24.8 Å². The van der Waals surface area contributed by atoms with Gasteiger partial charge in [0.25, 0.3) is 0 Å². The van der Waals surface area contributed by atoms with E-state index in [1.807, 2.05) is 25.1 Å². The Morgan fingerprint density at radius 1 is 1.41 bits per heavy atom. The molecule has 0 aromatic carbocycles. The lowest BCUT2D eigenvalue weighted by Gasteiger charge is -2.33. The summed E-state index contributed by atoms with van der Waals surface area (Å²) in [6.45, 7) is 7.73. The highest BCUT2D eigenvalue weighted by molar-refractivity contribution is 5.34. The van der Waals surface area contributed by atoms with E-state index in [1.165, 1.54) is 25.8 Å². The first-order valence-electron chi connectivity index (χ1n) is 6.67. The Labute approximate surface area is 104 Å². The van der Waals surface area contributed by atoms with Gasteiger partial charge in [0.1, 0.15) is 5.82 Å². The van der Waals surface area contributed by atoms with E-state index in [4.69, 9.17) is 0 Å². The topological polar surface area (TPSA) is 28.2 Å². The fraction of sp³-hybridized carbons (Fsp3) is 0.643. The maximum atomic E-state index is 4.45. The molecule has 2 rings (SSSR count). The molecule has 3 nitrogen and oxygen atoms in total. The SMILES string of the molecule is Cc1cccc(NCCN2CCCCC2C)n1. The number of likely N-dealkylation sites (tertiary alicyclic amines) is 1. The molecular weight excluding hydrogens is 210 g/mol. The van der Waals surface area contributed by atoms with Crippen molar-refractivity contribution in [2.45, 2.75) is 39.2 Å². The standard InChI is InChI=1S/C14H23N3/c1-12-6-5-8-14(16-12)15-9-11-17-10-4-3-7-13(17)2/h5-6,8,13H,3-4,7,9-11H2,1-2H3,(H,15,16). The third-order valence-corrected chi connectivity index (χ3v) is 3.53. The predicted octanol–water partition coefficient (Wildman–Crippen LogP) is 2.68. The molecule has 0 amide bonds. The number of anilines is 1. The molecule has 17 heavy (non-hydrogen) atoms. The van der Waals surface area contributed by atoms with Crippen LogP contribution >= 0.6 is 0 Å². The number of aromatic nitrogens is 1. The van der Waals surface area contributed by atoms with E-state index in [-0.39, 0.29) is 0 Å². The van der Waals surface area contributed by atoms with E-state index in [2.05, 4.69) is 22.1 Å². The quantitative estimate of drug-likeness (QED) is 0.866. The summed E-state index contributed by atoms with van der Waals surface area (Å²) in [7, 11) is 0. The molecule has 1 atom stereocenters. The van der Waals surface area contributed by atoms with Crippen LogP contribution in [0, 0.1) is 6.92 Å². The van der Waals surface area contributed by atoms with Gasteiger partial charge in [-0.15, -0.1) is 0 Å². The highest BCUT2D eigenvalue weighted by atomic mass is 15.2. The number of hydrogen-bond acceptors (Lipinski definition) is 3. The maximum Gasteiger partial charge on any atom is 0.126 e. The van der Waals surface area contributed by atoms with Gasteiger partial charge in [0.2, 0.25) is 0 Å². The van der Waals surface area contributed by atoms with Gasteiger partial charge in [-0.3, -0.25) is 4.90 Å². The maximum absolute atomic E-state index is 4.45. The van der Waals surface area contributed by atoms with Crippen LogP contribution in [0.4, 0.5) is 5.82 Å². The number of aryl methyl sites for hydroxylation is 1. The van der Waals surface area contributed by atoms with Gasteiger partial charge in [-0.05, 0) is 45.4 Å². The van der Waals surface area contributed by atoms with E-state index >= 15 is 0 Å². The molecule has 0 spiro atoms. The normalized spacial score (nSPS) is 21.4. The summed E-state index contributed by atoms with van der Waals surface area (Å²) in [4.78, 5) is 7.02. The first kappa shape index (κ1) is 12.4. The summed E-state index contributed by atoms with van der Waals surface area (Å²) in [6, 6.07) is 6.86. The lowest BCUT2D eigenvalue weighted by atomic mass is 10.0. The van der Waals surface area contributed by atoms with Crippen molar-refractivity contribution in [3.05, 3.63) is 23.9 Å². The third kappa shape index (κ3) is 3.70. The molecule has 1 aromatic heterocycles. The summed E-state index contributed by atoms with van der Waals surface area (Å²) in [6.07, 6.45) is 4.10. The van der Waals surface area contributed by atoms with Crippen molar-refractivity contribution in [3.8, 4) is 0 Å². The Hall–Kier alpha value is -1.09. The van der Waals surface area contributed by atoms with Crippen LogP contribution in [0.5, 0.6) is 0 Å². The predicted molar refractivity (Wildman–Crippen MR) is 72.3 cm³/mol. The number of hydrogen-bond donors (Lipinski definition) is 1. The van der Waals surface area contributed by atoms with Crippen molar-refractivity contribution in [2.75, 3.05) is 25.0 Å². The minimum absolute atomic E-state index is 0.746. The molecule has 2 heterocycles. The molecule has 1 saturated heterocycles. The van der Waals surface area contributed by atoms with E-state index in [1.54, 1.807) is 0 Å². The van der Waals surface area contributed by atoms with E-state index in [9.17, 15) is 0 Å². The van der Waals surface area contributed by atoms with Crippen LogP contribution in [-0.4, -0.2) is 35.6 Å². The molecule has 3 heteroatoms. The summed E-state index contributed by atoms with van der Waals surface area (Å²) in [5.74, 6) is 0.995. The molecule has 94 valence electrons. The zero-order valence-corrected chi connectivity index (χ0v) is 10.9. The number of nitrogens with zero attached hydrogens (tertiary/aromatic N) is 2. The highest BCUT2D eigenvalue weighted by Crippen LogP contribution is 2.15. The average Bonchev–Trinajstić information content (AvgIpc) is 2.32. The summed E-state index contributed by atoms with van der Waals surface area (Å²) in [5.41, 5.74) is 1.07. The number of nitrogens with one attached hydrogen (secondary N) is 1. The van der Waals surface area contributed by atoms with Crippen molar-refractivity contribution in [2.24, 2.45) is 0 Å². The first-order valence-corrected chi connectivity index (χ1v) is 6.67. The Morgan fingerprint density at radius 3 is 3.06 bits per heavy atom. The smallest absolute Gasteiger partial charge is 0.126 e. The van der Waals surface area contributed by atoms with Gasteiger partial charge in [-0.2, -0.15) is 0 Å². The van der Waals surface area contributed by atoms with E-state index < -0.39 is 0 Å². The van der Waals surface area contributed by atoms with Crippen molar-refractivity contribution in [1.82, 2.24) is 9.88 Å². The van der Waals surface area contributed by atoms with Gasteiger partial charge in [0.15, 0.2) is 0 Å².